The van der Waals surface area contributed by atoms with Crippen LogP contribution in [0, 0.1) is 10.1 Å². The van der Waals surface area contributed by atoms with Gasteiger partial charge in [-0.25, -0.2) is 0 Å². The number of hydrogen-bond donors (Lipinski definition) is 2. The first-order valence-corrected chi connectivity index (χ1v) is 6.35. The van der Waals surface area contributed by atoms with E-state index in [2.05, 4.69) is 5.32 Å². The minimum atomic E-state index is -0.688. The second-order valence-electron chi connectivity index (χ2n) is 3.84. The zero-order chi connectivity index (χ0) is 13.8. The van der Waals surface area contributed by atoms with E-state index < -0.39 is 10.8 Å². The average Bonchev–Trinajstić information content (AvgIpc) is 2.89. The van der Waals surface area contributed by atoms with Gasteiger partial charge in [-0.15, -0.1) is 0 Å². The van der Waals surface area contributed by atoms with Gasteiger partial charge >= 0.3 is 0 Å². The Morgan fingerprint density at radius 3 is 2.79 bits per heavy atom. The summed E-state index contributed by atoms with van der Waals surface area (Å²) in [7, 11) is 0. The van der Waals surface area contributed by atoms with Crippen LogP contribution < -0.4 is 11.1 Å². The number of carbonyl (C=O) groups is 1. The lowest BCUT2D eigenvalue weighted by Gasteiger charge is -2.06. The van der Waals surface area contributed by atoms with Gasteiger partial charge in [-0.2, -0.15) is 11.3 Å². The Labute approximate surface area is 113 Å². The standard InChI is InChI=1S/C12H11N3O3S/c13-12(16)9-1-2-10(11(5-9)15(17)18)14-6-8-3-4-19-7-8/h1-5,7,14H,6H2,(H2,13,16). The number of primary amides is 1. The van der Waals surface area contributed by atoms with E-state index in [1.165, 1.54) is 18.2 Å². The fraction of sp³-hybridized carbons (Fsp3) is 0.0833. The van der Waals surface area contributed by atoms with E-state index in [4.69, 9.17) is 5.73 Å². The highest BCUT2D eigenvalue weighted by molar-refractivity contribution is 7.07. The van der Waals surface area contributed by atoms with Gasteiger partial charge in [0.15, 0.2) is 0 Å². The van der Waals surface area contributed by atoms with Crippen LogP contribution in [0.3, 0.4) is 0 Å². The summed E-state index contributed by atoms with van der Waals surface area (Å²) in [5.41, 5.74) is 6.46. The first-order valence-electron chi connectivity index (χ1n) is 5.41. The highest BCUT2D eigenvalue weighted by atomic mass is 32.1. The molecule has 0 spiro atoms. The molecule has 7 heteroatoms. The van der Waals surface area contributed by atoms with E-state index in [9.17, 15) is 14.9 Å². The number of nitrogens with one attached hydrogen (secondary N) is 1. The predicted molar refractivity (Wildman–Crippen MR) is 73.3 cm³/mol. The second kappa shape index (κ2) is 5.49. The van der Waals surface area contributed by atoms with Gasteiger partial charge in [0.25, 0.3) is 5.69 Å². The Kier molecular flexibility index (Phi) is 3.76. The van der Waals surface area contributed by atoms with Gasteiger partial charge in [0.05, 0.1) is 4.92 Å². The van der Waals surface area contributed by atoms with Crippen molar-refractivity contribution in [2.45, 2.75) is 6.54 Å². The van der Waals surface area contributed by atoms with E-state index in [-0.39, 0.29) is 11.3 Å². The van der Waals surface area contributed by atoms with Crippen molar-refractivity contribution in [2.75, 3.05) is 5.32 Å². The van der Waals surface area contributed by atoms with Gasteiger partial charge in [0.2, 0.25) is 5.91 Å². The summed E-state index contributed by atoms with van der Waals surface area (Å²) in [6, 6.07) is 6.06. The summed E-state index contributed by atoms with van der Waals surface area (Å²) >= 11 is 1.56. The van der Waals surface area contributed by atoms with E-state index in [0.717, 1.165) is 5.56 Å². The van der Waals surface area contributed by atoms with E-state index >= 15 is 0 Å². The minimum absolute atomic E-state index is 0.118. The molecule has 2 aromatic rings. The third-order valence-electron chi connectivity index (χ3n) is 2.54. The maximum absolute atomic E-state index is 11.0. The average molecular weight is 277 g/mol. The third-order valence-corrected chi connectivity index (χ3v) is 3.27. The van der Waals surface area contributed by atoms with Gasteiger partial charge in [-0.05, 0) is 34.5 Å². The van der Waals surface area contributed by atoms with E-state index in [1.54, 1.807) is 11.3 Å². The van der Waals surface area contributed by atoms with Crippen LogP contribution in [0.15, 0.2) is 35.0 Å². The van der Waals surface area contributed by atoms with Crippen molar-refractivity contribution in [3.8, 4) is 0 Å². The zero-order valence-corrected chi connectivity index (χ0v) is 10.6. The number of nitrogens with zero attached hydrogens (tertiary/aromatic N) is 1. The van der Waals surface area contributed by atoms with Crippen LogP contribution in [-0.2, 0) is 6.54 Å². The normalized spacial score (nSPS) is 10.1. The first kappa shape index (κ1) is 13.0. The number of nitro benzene ring substituents is 1. The lowest BCUT2D eigenvalue weighted by molar-refractivity contribution is -0.384. The molecular formula is C12H11N3O3S. The molecule has 1 amide bonds. The Bertz CT molecular complexity index is 611. The molecule has 1 aromatic carbocycles. The van der Waals surface area contributed by atoms with Crippen LogP contribution in [0.1, 0.15) is 15.9 Å². The number of carbonyl (C=O) groups excluding carboxylic acids is 1. The third kappa shape index (κ3) is 3.08. The molecule has 2 rings (SSSR count). The Morgan fingerprint density at radius 1 is 1.42 bits per heavy atom. The van der Waals surface area contributed by atoms with Gasteiger partial charge in [-0.1, -0.05) is 0 Å². The van der Waals surface area contributed by atoms with Crippen LogP contribution in [0.25, 0.3) is 0 Å². The number of thiophene rings is 1. The minimum Gasteiger partial charge on any atom is -0.375 e. The molecule has 0 aliphatic carbocycles. The molecule has 0 aliphatic heterocycles. The summed E-state index contributed by atoms with van der Waals surface area (Å²) < 4.78 is 0. The molecule has 0 bridgehead atoms. The number of anilines is 1. The monoisotopic (exact) mass is 277 g/mol. The molecule has 0 saturated carbocycles. The maximum atomic E-state index is 11.0. The van der Waals surface area contributed by atoms with Gasteiger partial charge in [-0.3, -0.25) is 14.9 Å². The molecule has 0 radical (unpaired) electrons. The van der Waals surface area contributed by atoms with Crippen LogP contribution >= 0.6 is 11.3 Å². The fourth-order valence-electron chi connectivity index (χ4n) is 1.58. The quantitative estimate of drug-likeness (QED) is 0.647. The summed E-state index contributed by atoms with van der Waals surface area (Å²) in [6.45, 7) is 0.486. The van der Waals surface area contributed by atoms with E-state index in [0.29, 0.717) is 12.2 Å². The Hall–Kier alpha value is -2.41. The number of nitrogens with two attached hydrogens (primary N) is 1. The lowest BCUT2D eigenvalue weighted by Crippen LogP contribution is -2.12. The molecule has 0 unspecified atom stereocenters. The van der Waals surface area contributed by atoms with Gasteiger partial charge in [0, 0.05) is 18.2 Å². The molecule has 98 valence electrons. The zero-order valence-electron chi connectivity index (χ0n) is 9.83. The fourth-order valence-corrected chi connectivity index (χ4v) is 2.24. The Balaban J connectivity index is 2.24. The highest BCUT2D eigenvalue weighted by Gasteiger charge is 2.16. The summed E-state index contributed by atoms with van der Waals surface area (Å²) in [5, 5.41) is 17.8. The van der Waals surface area contributed by atoms with Crippen LogP contribution in [0.4, 0.5) is 11.4 Å². The lowest BCUT2D eigenvalue weighted by atomic mass is 10.1. The molecule has 1 aromatic heterocycles. The molecule has 0 saturated heterocycles. The van der Waals surface area contributed by atoms with Crippen LogP contribution in [0.2, 0.25) is 0 Å². The van der Waals surface area contributed by atoms with Crippen LogP contribution in [-0.4, -0.2) is 10.8 Å². The first-order chi connectivity index (χ1) is 9.08. The number of amides is 1. The topological polar surface area (TPSA) is 98.3 Å². The predicted octanol–water partition coefficient (Wildman–Crippen LogP) is 2.37. The van der Waals surface area contributed by atoms with Crippen molar-refractivity contribution in [3.05, 3.63) is 56.3 Å². The summed E-state index contributed by atoms with van der Waals surface area (Å²) in [5.74, 6) is -0.688. The van der Waals surface area contributed by atoms with Gasteiger partial charge < -0.3 is 11.1 Å². The van der Waals surface area contributed by atoms with Crippen LogP contribution in [0.5, 0.6) is 0 Å². The largest absolute Gasteiger partial charge is 0.375 e. The molecule has 19 heavy (non-hydrogen) atoms. The van der Waals surface area contributed by atoms with E-state index in [1.807, 2.05) is 16.8 Å². The summed E-state index contributed by atoms with van der Waals surface area (Å²) in [4.78, 5) is 21.4. The molecule has 0 fully saturated rings. The van der Waals surface area contributed by atoms with Crippen molar-refractivity contribution >= 4 is 28.6 Å². The molecular weight excluding hydrogens is 266 g/mol. The molecule has 0 aliphatic rings. The second-order valence-corrected chi connectivity index (χ2v) is 4.62. The summed E-state index contributed by atoms with van der Waals surface area (Å²) in [6.07, 6.45) is 0. The molecule has 3 N–H and O–H groups in total. The number of rotatable bonds is 5. The highest BCUT2D eigenvalue weighted by Crippen LogP contribution is 2.26. The number of nitro groups is 1. The molecule has 1 heterocycles. The number of hydrogen-bond acceptors (Lipinski definition) is 5. The smallest absolute Gasteiger partial charge is 0.293 e. The van der Waals surface area contributed by atoms with Crippen molar-refractivity contribution in [2.24, 2.45) is 5.73 Å². The number of benzene rings is 1. The SMILES string of the molecule is NC(=O)c1ccc(NCc2ccsc2)c([N+](=O)[O-])c1. The Morgan fingerprint density at radius 2 is 2.21 bits per heavy atom. The maximum Gasteiger partial charge on any atom is 0.293 e. The van der Waals surface area contributed by atoms with Crippen molar-refractivity contribution in [1.29, 1.82) is 0 Å². The molecule has 0 atom stereocenters. The van der Waals surface area contributed by atoms with Crippen molar-refractivity contribution < 1.29 is 9.72 Å². The van der Waals surface area contributed by atoms with Gasteiger partial charge in [0.1, 0.15) is 5.69 Å². The van der Waals surface area contributed by atoms with Crippen molar-refractivity contribution in [1.82, 2.24) is 0 Å². The molecule has 6 nitrogen and oxygen atoms in total. The van der Waals surface area contributed by atoms with Crippen molar-refractivity contribution in [3.63, 3.8) is 0 Å².